The number of anilines is 1. The Morgan fingerprint density at radius 3 is 2.46 bits per heavy atom. The summed E-state index contributed by atoms with van der Waals surface area (Å²) in [5, 5.41) is 11.4. The van der Waals surface area contributed by atoms with Gasteiger partial charge in [0, 0.05) is 12.3 Å². The van der Waals surface area contributed by atoms with Crippen LogP contribution in [0.3, 0.4) is 0 Å². The summed E-state index contributed by atoms with van der Waals surface area (Å²) >= 11 is 0. The minimum absolute atomic E-state index is 0.0224. The van der Waals surface area contributed by atoms with Crippen LogP contribution in [-0.2, 0) is 9.84 Å². The molecule has 1 N–H and O–H groups in total. The van der Waals surface area contributed by atoms with Gasteiger partial charge >= 0.3 is 0 Å². The lowest BCUT2D eigenvalue weighted by atomic mass is 10.2. The number of nitro benzene ring substituents is 1. The smallest absolute Gasteiger partial charge is 0.293 e. The first-order valence-electron chi connectivity index (χ1n) is 7.89. The molecule has 1 heterocycles. The molecule has 1 aromatic rings. The fraction of sp³-hybridized carbons (Fsp3) is 0.500. The van der Waals surface area contributed by atoms with E-state index >= 15 is 0 Å². The fourth-order valence-corrected chi connectivity index (χ4v) is 3.40. The maximum absolute atomic E-state index is 11.6. The summed E-state index contributed by atoms with van der Waals surface area (Å²) in [5.74, 6) is 0. The normalized spacial score (nSPS) is 16.0. The van der Waals surface area contributed by atoms with Crippen molar-refractivity contribution < 1.29 is 18.2 Å². The van der Waals surface area contributed by atoms with E-state index in [0.29, 0.717) is 18.8 Å². The number of sulfone groups is 1. The van der Waals surface area contributed by atoms with E-state index in [0.717, 1.165) is 32.0 Å². The van der Waals surface area contributed by atoms with Crippen molar-refractivity contribution in [3.63, 3.8) is 0 Å². The van der Waals surface area contributed by atoms with Crippen LogP contribution in [0.25, 0.3) is 0 Å². The second-order valence-electron chi connectivity index (χ2n) is 6.40. The summed E-state index contributed by atoms with van der Waals surface area (Å²) in [6.45, 7) is 8.33. The van der Waals surface area contributed by atoms with E-state index in [9.17, 15) is 18.5 Å². The van der Waals surface area contributed by atoms with E-state index in [-0.39, 0.29) is 10.6 Å². The highest BCUT2D eigenvalue weighted by Gasteiger charge is 2.26. The predicted molar refractivity (Wildman–Crippen MR) is 93.4 cm³/mol. The van der Waals surface area contributed by atoms with Gasteiger partial charge in [0.25, 0.3) is 5.69 Å². The average molecular weight is 354 g/mol. The third-order valence-electron chi connectivity index (χ3n) is 4.18. The van der Waals surface area contributed by atoms with Crippen LogP contribution in [0.15, 0.2) is 34.7 Å². The largest absolute Gasteiger partial charge is 0.355 e. The van der Waals surface area contributed by atoms with Crippen molar-refractivity contribution in [3.05, 3.63) is 40.0 Å². The average Bonchev–Trinajstić information content (AvgIpc) is 2.52. The number of rotatable bonds is 5. The van der Waals surface area contributed by atoms with E-state index in [1.807, 2.05) is 4.90 Å². The van der Waals surface area contributed by atoms with Gasteiger partial charge in [-0.1, -0.05) is 5.57 Å². The van der Waals surface area contributed by atoms with Crippen molar-refractivity contribution in [1.29, 1.82) is 0 Å². The highest BCUT2D eigenvalue weighted by molar-refractivity contribution is 7.90. The summed E-state index contributed by atoms with van der Waals surface area (Å²) in [6, 6.07) is 4.16. The first-order chi connectivity index (χ1) is 11.2. The van der Waals surface area contributed by atoms with Gasteiger partial charge in [0.15, 0.2) is 9.84 Å². The van der Waals surface area contributed by atoms with Crippen molar-refractivity contribution in [3.8, 4) is 0 Å². The van der Waals surface area contributed by atoms with Crippen molar-refractivity contribution >= 4 is 21.2 Å². The molecule has 2 rings (SSSR count). The van der Waals surface area contributed by atoms with Crippen LogP contribution in [0.4, 0.5) is 11.4 Å². The van der Waals surface area contributed by atoms with E-state index in [2.05, 4.69) is 19.9 Å². The number of allylic oxidation sites excluding steroid dienone is 1. The molecule has 0 aliphatic carbocycles. The Hall–Kier alpha value is -1.93. The summed E-state index contributed by atoms with van der Waals surface area (Å²) < 4.78 is 23.2. The van der Waals surface area contributed by atoms with Gasteiger partial charge in [-0.15, -0.1) is 0 Å². The van der Waals surface area contributed by atoms with Crippen LogP contribution >= 0.6 is 0 Å². The molecule has 1 aliphatic heterocycles. The SMILES string of the molecule is CC(C)=CC[NH+]1CCN(c2ccc(S(C)(=O)=O)cc2[N+](=O)[O-])CC1. The van der Waals surface area contributed by atoms with E-state index < -0.39 is 14.8 Å². The highest BCUT2D eigenvalue weighted by Crippen LogP contribution is 2.30. The molecule has 0 bridgehead atoms. The second-order valence-corrected chi connectivity index (χ2v) is 8.42. The molecule has 0 aromatic heterocycles. The molecule has 7 nitrogen and oxygen atoms in total. The Labute approximate surface area is 142 Å². The molecule has 0 unspecified atom stereocenters. The quantitative estimate of drug-likeness (QED) is 0.477. The molecule has 0 radical (unpaired) electrons. The lowest BCUT2D eigenvalue weighted by Crippen LogP contribution is -3.14. The van der Waals surface area contributed by atoms with Gasteiger partial charge < -0.3 is 9.80 Å². The molecule has 24 heavy (non-hydrogen) atoms. The zero-order chi connectivity index (χ0) is 17.9. The number of benzene rings is 1. The molecule has 0 atom stereocenters. The lowest BCUT2D eigenvalue weighted by Gasteiger charge is -2.33. The Bertz CT molecular complexity index is 747. The molecule has 1 aromatic carbocycles. The Morgan fingerprint density at radius 2 is 1.96 bits per heavy atom. The molecular formula is C16H24N3O4S+. The highest BCUT2D eigenvalue weighted by atomic mass is 32.2. The van der Waals surface area contributed by atoms with Gasteiger partial charge in [0.05, 0.1) is 42.5 Å². The molecule has 0 saturated carbocycles. The van der Waals surface area contributed by atoms with Crippen LogP contribution in [0.2, 0.25) is 0 Å². The van der Waals surface area contributed by atoms with Crippen LogP contribution in [-0.4, -0.2) is 52.3 Å². The number of hydrogen-bond acceptors (Lipinski definition) is 5. The summed E-state index contributed by atoms with van der Waals surface area (Å²) in [6.07, 6.45) is 3.26. The van der Waals surface area contributed by atoms with Crippen molar-refractivity contribution in [2.24, 2.45) is 0 Å². The Balaban J connectivity index is 2.18. The predicted octanol–water partition coefficient (Wildman–Crippen LogP) is 0.669. The van der Waals surface area contributed by atoms with E-state index in [1.54, 1.807) is 6.07 Å². The van der Waals surface area contributed by atoms with Crippen LogP contribution in [0.5, 0.6) is 0 Å². The van der Waals surface area contributed by atoms with Crippen molar-refractivity contribution in [1.82, 2.24) is 0 Å². The van der Waals surface area contributed by atoms with E-state index in [4.69, 9.17) is 0 Å². The van der Waals surface area contributed by atoms with Crippen molar-refractivity contribution in [2.45, 2.75) is 18.7 Å². The van der Waals surface area contributed by atoms with Crippen molar-refractivity contribution in [2.75, 3.05) is 43.9 Å². The molecule has 1 fully saturated rings. The van der Waals surface area contributed by atoms with Gasteiger partial charge in [-0.25, -0.2) is 8.42 Å². The third kappa shape index (κ3) is 4.55. The molecule has 132 valence electrons. The first kappa shape index (κ1) is 18.4. The number of nitro groups is 1. The number of hydrogen-bond donors (Lipinski definition) is 1. The molecule has 8 heteroatoms. The number of nitrogens with one attached hydrogen (secondary N) is 1. The van der Waals surface area contributed by atoms with Gasteiger partial charge in [-0.3, -0.25) is 10.1 Å². The lowest BCUT2D eigenvalue weighted by molar-refractivity contribution is -0.894. The van der Waals surface area contributed by atoms with Gasteiger partial charge in [-0.05, 0) is 32.1 Å². The second kappa shape index (κ2) is 7.31. The fourth-order valence-electron chi connectivity index (χ4n) is 2.76. The summed E-state index contributed by atoms with van der Waals surface area (Å²) in [7, 11) is -3.46. The van der Waals surface area contributed by atoms with Crippen LogP contribution in [0, 0.1) is 10.1 Å². The minimum atomic E-state index is -3.46. The van der Waals surface area contributed by atoms with E-state index in [1.165, 1.54) is 16.5 Å². The number of piperazine rings is 1. The molecule has 0 amide bonds. The minimum Gasteiger partial charge on any atom is -0.355 e. The molecule has 1 saturated heterocycles. The third-order valence-corrected chi connectivity index (χ3v) is 5.29. The monoisotopic (exact) mass is 354 g/mol. The van der Waals surface area contributed by atoms with Gasteiger partial charge in [-0.2, -0.15) is 0 Å². The number of quaternary nitrogens is 1. The van der Waals surface area contributed by atoms with Gasteiger partial charge in [0.2, 0.25) is 0 Å². The standard InChI is InChI=1S/C16H23N3O4S/c1-13(2)6-7-17-8-10-18(11-9-17)15-5-4-14(24(3,22)23)12-16(15)19(20)21/h4-6,12H,7-11H2,1-3H3/p+1. The van der Waals surface area contributed by atoms with Crippen LogP contribution in [0.1, 0.15) is 13.8 Å². The van der Waals surface area contributed by atoms with Gasteiger partial charge in [0.1, 0.15) is 5.69 Å². The summed E-state index contributed by atoms with van der Waals surface area (Å²) in [4.78, 5) is 14.2. The zero-order valence-electron chi connectivity index (χ0n) is 14.3. The molecule has 1 aliphatic rings. The topological polar surface area (TPSA) is 85.0 Å². The zero-order valence-corrected chi connectivity index (χ0v) is 15.1. The maximum Gasteiger partial charge on any atom is 0.293 e. The first-order valence-corrected chi connectivity index (χ1v) is 9.78. The summed E-state index contributed by atoms with van der Waals surface area (Å²) in [5.41, 5.74) is 1.64. The Morgan fingerprint density at radius 1 is 1.33 bits per heavy atom. The molecule has 0 spiro atoms. The maximum atomic E-state index is 11.6. The molecular weight excluding hydrogens is 330 g/mol. The Kier molecular flexibility index (Phi) is 5.61. The number of nitrogens with zero attached hydrogens (tertiary/aromatic N) is 2. The van der Waals surface area contributed by atoms with Crippen LogP contribution < -0.4 is 9.80 Å².